The second kappa shape index (κ2) is 5.68. The van der Waals surface area contributed by atoms with Gasteiger partial charge in [-0.3, -0.25) is 4.79 Å². The van der Waals surface area contributed by atoms with E-state index in [0.717, 1.165) is 29.7 Å². The summed E-state index contributed by atoms with van der Waals surface area (Å²) in [4.78, 5) is 13.4. The molecule has 0 N–H and O–H groups in total. The van der Waals surface area contributed by atoms with Gasteiger partial charge in [-0.2, -0.15) is 0 Å². The van der Waals surface area contributed by atoms with Crippen LogP contribution >= 0.6 is 0 Å². The van der Waals surface area contributed by atoms with Crippen LogP contribution in [0.5, 0.6) is 0 Å². The smallest absolute Gasteiger partial charge is 0.312 e. The van der Waals surface area contributed by atoms with Gasteiger partial charge in [0.05, 0.1) is 5.41 Å². The lowest BCUT2D eigenvalue weighted by Gasteiger charge is -2.65. The number of carbonyl (C=O) groups is 1. The Bertz CT molecular complexity index is 847. The summed E-state index contributed by atoms with van der Waals surface area (Å²) < 4.78 is 5.94. The molecule has 0 heterocycles. The van der Waals surface area contributed by atoms with E-state index in [9.17, 15) is 4.79 Å². The van der Waals surface area contributed by atoms with E-state index in [4.69, 9.17) is 4.74 Å². The third kappa shape index (κ3) is 2.27. The molecule has 6 fully saturated rings. The van der Waals surface area contributed by atoms with Gasteiger partial charge in [0.15, 0.2) is 0 Å². The van der Waals surface area contributed by atoms with E-state index >= 15 is 0 Å². The molecule has 2 unspecified atom stereocenters. The van der Waals surface area contributed by atoms with Crippen molar-refractivity contribution in [2.45, 2.75) is 78.7 Å². The number of carbonyl (C=O) groups excluding carboxylic acids is 1. The van der Waals surface area contributed by atoms with E-state index < -0.39 is 0 Å². The van der Waals surface area contributed by atoms with Crippen molar-refractivity contribution < 1.29 is 9.53 Å². The minimum absolute atomic E-state index is 0.0618. The molecule has 2 nitrogen and oxygen atoms in total. The van der Waals surface area contributed by atoms with Crippen molar-refractivity contribution in [3.63, 3.8) is 0 Å². The second-order valence-electron chi connectivity index (χ2n) is 12.2. The Labute approximate surface area is 175 Å². The predicted octanol–water partition coefficient (Wildman–Crippen LogP) is 6.39. The molecule has 1 spiro atoms. The Hall–Kier alpha value is -1.31. The highest BCUT2D eigenvalue weighted by Crippen LogP contribution is 2.85. The first-order valence-electron chi connectivity index (χ1n) is 12.0. The lowest BCUT2D eigenvalue weighted by atomic mass is 9.39. The molecule has 0 radical (unpaired) electrons. The molecule has 7 rings (SSSR count). The van der Waals surface area contributed by atoms with Crippen LogP contribution in [0, 0.1) is 45.3 Å². The summed E-state index contributed by atoms with van der Waals surface area (Å²) in [5.74, 6) is 3.41. The zero-order chi connectivity index (χ0) is 20.1. The van der Waals surface area contributed by atoms with Crippen LogP contribution < -0.4 is 0 Å². The zero-order valence-corrected chi connectivity index (χ0v) is 18.4. The average Bonchev–Trinajstić information content (AvgIpc) is 3.16. The maximum atomic E-state index is 13.4. The normalized spacial score (nSPS) is 51.7. The van der Waals surface area contributed by atoms with Crippen LogP contribution in [0.15, 0.2) is 30.3 Å². The highest BCUT2D eigenvalue weighted by Gasteiger charge is 2.78. The summed E-state index contributed by atoms with van der Waals surface area (Å²) >= 11 is 0. The van der Waals surface area contributed by atoms with Gasteiger partial charge in [0.1, 0.15) is 6.61 Å². The lowest BCUT2D eigenvalue weighted by Crippen LogP contribution is -2.59. The highest BCUT2D eigenvalue weighted by atomic mass is 16.5. The number of benzene rings is 1. The minimum Gasteiger partial charge on any atom is -0.460 e. The zero-order valence-electron chi connectivity index (χ0n) is 18.4. The number of ether oxygens (including phenoxy) is 1. The number of esters is 1. The van der Waals surface area contributed by atoms with Gasteiger partial charge in [0, 0.05) is 0 Å². The first kappa shape index (κ1) is 18.5. The molecule has 0 aliphatic heterocycles. The van der Waals surface area contributed by atoms with Crippen molar-refractivity contribution in [2.24, 2.45) is 45.3 Å². The molecule has 0 aromatic heterocycles. The molecular weight excluding hydrogens is 356 g/mol. The minimum atomic E-state index is -0.309. The van der Waals surface area contributed by atoms with Gasteiger partial charge >= 0.3 is 5.97 Å². The van der Waals surface area contributed by atoms with Gasteiger partial charge in [-0.15, -0.1) is 0 Å². The molecule has 0 amide bonds. The molecule has 0 saturated heterocycles. The van der Waals surface area contributed by atoms with E-state index in [-0.39, 0.29) is 11.4 Å². The first-order valence-corrected chi connectivity index (χ1v) is 12.0. The van der Waals surface area contributed by atoms with Crippen LogP contribution in [0.25, 0.3) is 0 Å². The molecule has 8 atom stereocenters. The second-order valence-corrected chi connectivity index (χ2v) is 12.2. The monoisotopic (exact) mass is 392 g/mol. The van der Waals surface area contributed by atoms with Crippen molar-refractivity contribution in [3.8, 4) is 0 Å². The van der Waals surface area contributed by atoms with Gasteiger partial charge in [0.2, 0.25) is 0 Å². The Balaban J connectivity index is 1.26. The summed E-state index contributed by atoms with van der Waals surface area (Å²) in [7, 11) is 0. The van der Waals surface area contributed by atoms with Crippen LogP contribution in [0.3, 0.4) is 0 Å². The summed E-state index contributed by atoms with van der Waals surface area (Å²) in [6.45, 7) is 7.80. The van der Waals surface area contributed by atoms with Crippen LogP contribution in [0.1, 0.15) is 77.7 Å². The maximum absolute atomic E-state index is 13.4. The van der Waals surface area contributed by atoms with E-state index in [1.807, 2.05) is 30.3 Å². The lowest BCUT2D eigenvalue weighted by molar-refractivity contribution is -0.192. The standard InChI is InChI=1S/C27H36O2/c1-24-11-7-12-25(2,23(28)29-16-18-8-5-4-6-9-18)21(24)10-13-27-15-20-19(14-22(24)27)26(20,3)17-27/h4-6,8-9,19-22H,7,10-17H2,1-3H3/t19-,20?,21+,22+,24?,25-,26-,27+/m1/s1. The highest BCUT2D eigenvalue weighted by molar-refractivity contribution is 5.77. The van der Waals surface area contributed by atoms with Crippen molar-refractivity contribution in [1.29, 1.82) is 0 Å². The van der Waals surface area contributed by atoms with Gasteiger partial charge < -0.3 is 4.74 Å². The molecular formula is C27H36O2. The third-order valence-corrected chi connectivity index (χ3v) is 11.0. The largest absolute Gasteiger partial charge is 0.460 e. The molecule has 1 aromatic rings. The number of hydrogen-bond donors (Lipinski definition) is 0. The molecule has 6 saturated carbocycles. The van der Waals surface area contributed by atoms with E-state index in [1.54, 1.807) is 0 Å². The molecule has 6 aliphatic rings. The van der Waals surface area contributed by atoms with Crippen molar-refractivity contribution in [3.05, 3.63) is 35.9 Å². The molecule has 156 valence electrons. The molecule has 29 heavy (non-hydrogen) atoms. The summed E-state index contributed by atoms with van der Waals surface area (Å²) in [5, 5.41) is 0. The summed E-state index contributed by atoms with van der Waals surface area (Å²) in [6.07, 6.45) is 10.5. The van der Waals surface area contributed by atoms with Gasteiger partial charge in [-0.05, 0) is 97.3 Å². The van der Waals surface area contributed by atoms with Crippen molar-refractivity contribution in [1.82, 2.24) is 0 Å². The first-order chi connectivity index (χ1) is 13.8. The van der Waals surface area contributed by atoms with Gasteiger partial charge in [0.25, 0.3) is 0 Å². The van der Waals surface area contributed by atoms with E-state index in [0.29, 0.717) is 28.8 Å². The molecule has 2 heteroatoms. The number of hydrogen-bond acceptors (Lipinski definition) is 2. The predicted molar refractivity (Wildman–Crippen MR) is 114 cm³/mol. The van der Waals surface area contributed by atoms with Crippen LogP contribution in [-0.4, -0.2) is 5.97 Å². The fourth-order valence-electron chi connectivity index (χ4n) is 9.75. The van der Waals surface area contributed by atoms with Gasteiger partial charge in [-0.25, -0.2) is 0 Å². The third-order valence-electron chi connectivity index (χ3n) is 11.0. The topological polar surface area (TPSA) is 26.3 Å². The van der Waals surface area contributed by atoms with Gasteiger partial charge in [-0.1, -0.05) is 50.6 Å². The summed E-state index contributed by atoms with van der Waals surface area (Å²) in [5.41, 5.74) is 2.40. The van der Waals surface area contributed by atoms with Crippen molar-refractivity contribution >= 4 is 5.97 Å². The average molecular weight is 393 g/mol. The van der Waals surface area contributed by atoms with Crippen LogP contribution in [-0.2, 0) is 16.1 Å². The SMILES string of the molecule is CC12CCC[C@@](C)(C(=O)OCc3ccccc3)[C@H]1CC[C@@]13CC4[C@@H](C[C@@H]21)[C@@]4(C)C3. The van der Waals surface area contributed by atoms with Crippen molar-refractivity contribution in [2.75, 3.05) is 0 Å². The molecule has 6 aliphatic carbocycles. The number of rotatable bonds is 3. The Morgan fingerprint density at radius 3 is 2.52 bits per heavy atom. The Kier molecular flexibility index (Phi) is 3.62. The maximum Gasteiger partial charge on any atom is 0.312 e. The fourth-order valence-corrected chi connectivity index (χ4v) is 9.75. The number of fused-ring (bicyclic) bond motifs is 1. The molecule has 1 aromatic carbocycles. The fraction of sp³-hybridized carbons (Fsp3) is 0.741. The Morgan fingerprint density at radius 1 is 1.00 bits per heavy atom. The van der Waals surface area contributed by atoms with Crippen LogP contribution in [0.2, 0.25) is 0 Å². The van der Waals surface area contributed by atoms with E-state index in [2.05, 4.69) is 20.8 Å². The summed E-state index contributed by atoms with van der Waals surface area (Å²) in [6, 6.07) is 10.1. The van der Waals surface area contributed by atoms with Crippen LogP contribution in [0.4, 0.5) is 0 Å². The van der Waals surface area contributed by atoms with E-state index in [1.165, 1.54) is 44.9 Å². The quantitative estimate of drug-likeness (QED) is 0.557. The molecule has 4 bridgehead atoms. The Morgan fingerprint density at radius 2 is 1.79 bits per heavy atom.